The molecule has 2 atom stereocenters. The Kier molecular flexibility index (Phi) is 3.17. The molecule has 2 fully saturated rings. The molecule has 2 rings (SSSR count). The predicted molar refractivity (Wildman–Crippen MR) is 65.0 cm³/mol. The first-order chi connectivity index (χ1) is 7.15. The molecule has 0 aromatic rings. The molecule has 1 N–H and O–H groups in total. The van der Waals surface area contributed by atoms with Crippen LogP contribution >= 0.6 is 0 Å². The zero-order valence-electron chi connectivity index (χ0n) is 10.1. The van der Waals surface area contributed by atoms with E-state index < -0.39 is 0 Å². The van der Waals surface area contributed by atoms with Gasteiger partial charge in [-0.3, -0.25) is 4.90 Å². The van der Waals surface area contributed by atoms with Gasteiger partial charge in [0.2, 0.25) is 0 Å². The Labute approximate surface area is 93.7 Å². The second kappa shape index (κ2) is 4.26. The van der Waals surface area contributed by atoms with Gasteiger partial charge >= 0.3 is 0 Å². The highest BCUT2D eigenvalue weighted by Gasteiger charge is 2.44. The first kappa shape index (κ1) is 11.2. The van der Waals surface area contributed by atoms with E-state index in [-0.39, 0.29) is 0 Å². The molecule has 2 heteroatoms. The van der Waals surface area contributed by atoms with Crippen molar-refractivity contribution in [1.29, 1.82) is 0 Å². The van der Waals surface area contributed by atoms with Crippen LogP contribution in [0.4, 0.5) is 0 Å². The normalized spacial score (nSPS) is 35.1. The number of hydrogen-bond donors (Lipinski definition) is 1. The van der Waals surface area contributed by atoms with Crippen LogP contribution in [-0.4, -0.2) is 36.1 Å². The fraction of sp³-hybridized carbons (Fsp3) is 0.846. The first-order valence-corrected chi connectivity index (χ1v) is 6.26. The van der Waals surface area contributed by atoms with E-state index in [1.807, 2.05) is 6.08 Å². The fourth-order valence-corrected chi connectivity index (χ4v) is 2.80. The summed E-state index contributed by atoms with van der Waals surface area (Å²) in [4.78, 5) is 2.62. The lowest BCUT2D eigenvalue weighted by molar-refractivity contribution is 0.0955. The van der Waals surface area contributed by atoms with Crippen LogP contribution in [0.5, 0.6) is 0 Å². The van der Waals surface area contributed by atoms with Crippen molar-refractivity contribution in [3.05, 3.63) is 12.7 Å². The maximum Gasteiger partial charge on any atom is 0.0309 e. The average Bonchev–Trinajstić information content (AvgIpc) is 3.01. The van der Waals surface area contributed by atoms with Gasteiger partial charge in [0.25, 0.3) is 0 Å². The molecule has 0 aromatic heterocycles. The van der Waals surface area contributed by atoms with Gasteiger partial charge < -0.3 is 5.32 Å². The Hall–Kier alpha value is -0.340. The van der Waals surface area contributed by atoms with Gasteiger partial charge in [0.05, 0.1) is 0 Å². The van der Waals surface area contributed by atoms with Crippen LogP contribution in [0, 0.1) is 5.92 Å². The Morgan fingerprint density at radius 2 is 2.33 bits per heavy atom. The van der Waals surface area contributed by atoms with Crippen molar-refractivity contribution >= 4 is 0 Å². The SMILES string of the molecule is C=CCC(C)N1CCNC(C)(C2CC2)C1. The molecule has 0 bridgehead atoms. The first-order valence-electron chi connectivity index (χ1n) is 6.26. The minimum atomic E-state index is 0.383. The minimum absolute atomic E-state index is 0.383. The number of piperazine rings is 1. The van der Waals surface area contributed by atoms with Gasteiger partial charge in [-0.15, -0.1) is 6.58 Å². The van der Waals surface area contributed by atoms with Crippen LogP contribution in [0.1, 0.15) is 33.1 Å². The Morgan fingerprint density at radius 3 is 2.93 bits per heavy atom. The van der Waals surface area contributed by atoms with E-state index in [1.54, 1.807) is 0 Å². The van der Waals surface area contributed by atoms with Crippen LogP contribution in [0.25, 0.3) is 0 Å². The Bertz CT molecular complexity index is 235. The molecule has 15 heavy (non-hydrogen) atoms. The summed E-state index contributed by atoms with van der Waals surface area (Å²) >= 11 is 0. The van der Waals surface area contributed by atoms with Gasteiger partial charge in [-0.05, 0) is 39.0 Å². The summed E-state index contributed by atoms with van der Waals surface area (Å²) < 4.78 is 0. The van der Waals surface area contributed by atoms with Crippen molar-refractivity contribution in [2.24, 2.45) is 5.92 Å². The molecule has 86 valence electrons. The minimum Gasteiger partial charge on any atom is -0.309 e. The molecule has 1 saturated carbocycles. The Morgan fingerprint density at radius 1 is 1.60 bits per heavy atom. The number of nitrogens with zero attached hydrogens (tertiary/aromatic N) is 1. The van der Waals surface area contributed by atoms with Crippen LogP contribution in [0.2, 0.25) is 0 Å². The highest BCUT2D eigenvalue weighted by Crippen LogP contribution is 2.41. The van der Waals surface area contributed by atoms with Crippen molar-refractivity contribution in [1.82, 2.24) is 10.2 Å². The molecule has 1 aliphatic heterocycles. The summed E-state index contributed by atoms with van der Waals surface area (Å²) in [7, 11) is 0. The van der Waals surface area contributed by atoms with Crippen molar-refractivity contribution in [2.45, 2.75) is 44.7 Å². The van der Waals surface area contributed by atoms with Gasteiger partial charge in [0.1, 0.15) is 0 Å². The molecule has 2 aliphatic rings. The van der Waals surface area contributed by atoms with Crippen LogP contribution in [0.3, 0.4) is 0 Å². The van der Waals surface area contributed by atoms with Crippen molar-refractivity contribution in [3.8, 4) is 0 Å². The predicted octanol–water partition coefficient (Wildman–Crippen LogP) is 2.02. The lowest BCUT2D eigenvalue weighted by Gasteiger charge is -2.44. The van der Waals surface area contributed by atoms with Gasteiger partial charge in [0.15, 0.2) is 0 Å². The van der Waals surface area contributed by atoms with Crippen molar-refractivity contribution < 1.29 is 0 Å². The van der Waals surface area contributed by atoms with Gasteiger partial charge in [-0.1, -0.05) is 6.08 Å². The molecule has 1 saturated heterocycles. The summed E-state index contributed by atoms with van der Waals surface area (Å²) in [5.74, 6) is 0.927. The van der Waals surface area contributed by atoms with Crippen molar-refractivity contribution in [2.75, 3.05) is 19.6 Å². The molecule has 0 aromatic carbocycles. The summed E-state index contributed by atoms with van der Waals surface area (Å²) in [6.45, 7) is 12.1. The second-order valence-corrected chi connectivity index (χ2v) is 5.46. The third-order valence-electron chi connectivity index (χ3n) is 4.07. The summed E-state index contributed by atoms with van der Waals surface area (Å²) in [6.07, 6.45) is 6.00. The fourth-order valence-electron chi connectivity index (χ4n) is 2.80. The summed E-state index contributed by atoms with van der Waals surface area (Å²) in [5, 5.41) is 3.72. The van der Waals surface area contributed by atoms with E-state index in [1.165, 1.54) is 25.9 Å². The van der Waals surface area contributed by atoms with Gasteiger partial charge in [-0.25, -0.2) is 0 Å². The zero-order valence-corrected chi connectivity index (χ0v) is 10.1. The van der Waals surface area contributed by atoms with E-state index in [9.17, 15) is 0 Å². The largest absolute Gasteiger partial charge is 0.309 e. The third kappa shape index (κ3) is 2.43. The molecule has 2 nitrogen and oxygen atoms in total. The van der Waals surface area contributed by atoms with Crippen LogP contribution < -0.4 is 5.32 Å². The van der Waals surface area contributed by atoms with Gasteiger partial charge in [-0.2, -0.15) is 0 Å². The molecule has 1 aliphatic carbocycles. The standard InChI is InChI=1S/C13H24N2/c1-4-5-11(2)15-9-8-14-13(3,10-15)12-6-7-12/h4,11-12,14H,1,5-10H2,2-3H3. The molecular formula is C13H24N2. The highest BCUT2D eigenvalue weighted by atomic mass is 15.2. The number of nitrogens with one attached hydrogen (secondary N) is 1. The third-order valence-corrected chi connectivity index (χ3v) is 4.07. The molecule has 1 heterocycles. The van der Waals surface area contributed by atoms with E-state index in [2.05, 4.69) is 30.6 Å². The van der Waals surface area contributed by atoms with E-state index in [4.69, 9.17) is 0 Å². The highest BCUT2D eigenvalue weighted by molar-refractivity contribution is 5.02. The number of hydrogen-bond acceptors (Lipinski definition) is 2. The maximum atomic E-state index is 3.84. The van der Waals surface area contributed by atoms with E-state index in [0.717, 1.165) is 18.9 Å². The molecule has 0 radical (unpaired) electrons. The Balaban J connectivity index is 1.93. The van der Waals surface area contributed by atoms with Crippen LogP contribution in [-0.2, 0) is 0 Å². The topological polar surface area (TPSA) is 15.3 Å². The summed E-state index contributed by atoms with van der Waals surface area (Å²) in [6, 6.07) is 0.655. The van der Waals surface area contributed by atoms with Crippen LogP contribution in [0.15, 0.2) is 12.7 Å². The average molecular weight is 208 g/mol. The molecule has 2 unspecified atom stereocenters. The molecule has 0 spiro atoms. The lowest BCUT2D eigenvalue weighted by Crippen LogP contribution is -2.61. The maximum absolute atomic E-state index is 3.84. The smallest absolute Gasteiger partial charge is 0.0309 e. The van der Waals surface area contributed by atoms with E-state index >= 15 is 0 Å². The summed E-state index contributed by atoms with van der Waals surface area (Å²) in [5.41, 5.74) is 0.383. The quantitative estimate of drug-likeness (QED) is 0.711. The monoisotopic (exact) mass is 208 g/mol. The van der Waals surface area contributed by atoms with Crippen molar-refractivity contribution in [3.63, 3.8) is 0 Å². The molecule has 0 amide bonds. The molecular weight excluding hydrogens is 184 g/mol. The van der Waals surface area contributed by atoms with E-state index in [0.29, 0.717) is 11.6 Å². The zero-order chi connectivity index (χ0) is 10.9. The van der Waals surface area contributed by atoms with Gasteiger partial charge in [0, 0.05) is 31.2 Å². The second-order valence-electron chi connectivity index (χ2n) is 5.46. The lowest BCUT2D eigenvalue weighted by atomic mass is 9.92. The number of rotatable bonds is 4.